The van der Waals surface area contributed by atoms with Gasteiger partial charge in [-0.2, -0.15) is 0 Å². The predicted octanol–water partition coefficient (Wildman–Crippen LogP) is 4.33. The van der Waals surface area contributed by atoms with E-state index in [2.05, 4.69) is 10.2 Å². The van der Waals surface area contributed by atoms with Gasteiger partial charge in [-0.15, -0.1) is 10.2 Å². The number of methoxy groups -OCH3 is 3. The van der Waals surface area contributed by atoms with E-state index in [0.29, 0.717) is 41.4 Å². The van der Waals surface area contributed by atoms with Crippen molar-refractivity contribution < 1.29 is 23.4 Å². The second kappa shape index (κ2) is 8.94. The Hall–Kier alpha value is -3.48. The van der Waals surface area contributed by atoms with Crippen LogP contribution in [0.3, 0.4) is 0 Å². The molecule has 0 aliphatic rings. The Labute approximate surface area is 163 Å². The van der Waals surface area contributed by atoms with Gasteiger partial charge in [-0.25, -0.2) is 0 Å². The van der Waals surface area contributed by atoms with Gasteiger partial charge in [0, 0.05) is 11.6 Å². The Kier molecular flexibility index (Phi) is 6.16. The molecule has 0 aliphatic heterocycles. The lowest BCUT2D eigenvalue weighted by Crippen LogP contribution is -1.95. The maximum atomic E-state index is 5.73. The van der Waals surface area contributed by atoms with Crippen LogP contribution in [0.1, 0.15) is 18.4 Å². The molecule has 146 valence electrons. The fraction of sp³-hybridized carbons (Fsp3) is 0.238. The molecule has 3 aromatic rings. The second-order valence-electron chi connectivity index (χ2n) is 5.69. The van der Waals surface area contributed by atoms with Crippen molar-refractivity contribution in [3.8, 4) is 34.5 Å². The van der Waals surface area contributed by atoms with Crippen molar-refractivity contribution in [3.05, 3.63) is 47.9 Å². The van der Waals surface area contributed by atoms with E-state index in [9.17, 15) is 0 Å². The van der Waals surface area contributed by atoms with Gasteiger partial charge >= 0.3 is 0 Å². The van der Waals surface area contributed by atoms with Crippen LogP contribution in [0.15, 0.2) is 40.8 Å². The Balaban J connectivity index is 1.80. The molecular formula is C21H22N2O5. The van der Waals surface area contributed by atoms with Gasteiger partial charge < -0.3 is 23.4 Å². The van der Waals surface area contributed by atoms with Gasteiger partial charge in [0.05, 0.1) is 27.9 Å². The molecule has 0 amide bonds. The van der Waals surface area contributed by atoms with Crippen LogP contribution in [0, 0.1) is 0 Å². The molecule has 3 rings (SSSR count). The van der Waals surface area contributed by atoms with Crippen LogP contribution >= 0.6 is 0 Å². The van der Waals surface area contributed by atoms with Crippen LogP contribution in [0.4, 0.5) is 0 Å². The molecule has 0 aliphatic carbocycles. The first-order valence-corrected chi connectivity index (χ1v) is 8.73. The maximum Gasteiger partial charge on any atom is 0.248 e. The summed E-state index contributed by atoms with van der Waals surface area (Å²) >= 11 is 0. The summed E-state index contributed by atoms with van der Waals surface area (Å²) in [4.78, 5) is 0. The summed E-state index contributed by atoms with van der Waals surface area (Å²) in [6.07, 6.45) is 3.61. The molecule has 0 saturated heterocycles. The average molecular weight is 382 g/mol. The molecule has 7 heteroatoms. The van der Waals surface area contributed by atoms with Crippen molar-refractivity contribution in [2.45, 2.75) is 6.92 Å². The first-order chi connectivity index (χ1) is 13.7. The number of aromatic nitrogens is 2. The molecule has 0 atom stereocenters. The summed E-state index contributed by atoms with van der Waals surface area (Å²) < 4.78 is 27.2. The number of hydrogen-bond acceptors (Lipinski definition) is 7. The van der Waals surface area contributed by atoms with Crippen molar-refractivity contribution in [2.24, 2.45) is 0 Å². The molecule has 0 spiro atoms. The zero-order valence-electron chi connectivity index (χ0n) is 16.3. The standard InChI is InChI=1S/C21H22N2O5/c1-5-27-19-12-14(6-9-17(19)25-3)7-11-20-22-23-21(28-20)15-8-10-16(24-2)18(13-15)26-4/h6-13H,5H2,1-4H3/b11-7+. The molecule has 2 aromatic carbocycles. The predicted molar refractivity (Wildman–Crippen MR) is 106 cm³/mol. The summed E-state index contributed by atoms with van der Waals surface area (Å²) in [6.45, 7) is 2.48. The van der Waals surface area contributed by atoms with Crippen LogP contribution in [0.2, 0.25) is 0 Å². The lowest BCUT2D eigenvalue weighted by molar-refractivity contribution is 0.311. The van der Waals surface area contributed by atoms with E-state index in [1.165, 1.54) is 0 Å². The van der Waals surface area contributed by atoms with Crippen molar-refractivity contribution in [2.75, 3.05) is 27.9 Å². The lowest BCUT2D eigenvalue weighted by Gasteiger charge is -2.09. The van der Waals surface area contributed by atoms with Crippen molar-refractivity contribution in [1.82, 2.24) is 10.2 Å². The van der Waals surface area contributed by atoms with Gasteiger partial charge in [0.1, 0.15) is 0 Å². The topological polar surface area (TPSA) is 75.8 Å². The van der Waals surface area contributed by atoms with Crippen LogP contribution in [0.5, 0.6) is 23.0 Å². The molecule has 0 fully saturated rings. The zero-order chi connectivity index (χ0) is 19.9. The number of benzene rings is 2. The van der Waals surface area contributed by atoms with E-state index in [-0.39, 0.29) is 0 Å². The third-order valence-electron chi connectivity index (χ3n) is 3.98. The first kappa shape index (κ1) is 19.3. The van der Waals surface area contributed by atoms with Crippen LogP contribution < -0.4 is 18.9 Å². The highest BCUT2D eigenvalue weighted by molar-refractivity contribution is 5.68. The minimum Gasteiger partial charge on any atom is -0.493 e. The Morgan fingerprint density at radius 2 is 1.54 bits per heavy atom. The largest absolute Gasteiger partial charge is 0.493 e. The molecule has 28 heavy (non-hydrogen) atoms. The van der Waals surface area contributed by atoms with Gasteiger partial charge in [-0.05, 0) is 48.9 Å². The fourth-order valence-corrected chi connectivity index (χ4v) is 2.62. The summed E-state index contributed by atoms with van der Waals surface area (Å²) in [5, 5.41) is 8.16. The third-order valence-corrected chi connectivity index (χ3v) is 3.98. The molecule has 0 radical (unpaired) electrons. The third kappa shape index (κ3) is 4.25. The summed E-state index contributed by atoms with van der Waals surface area (Å²) in [5.41, 5.74) is 1.67. The molecule has 7 nitrogen and oxygen atoms in total. The second-order valence-corrected chi connectivity index (χ2v) is 5.69. The molecule has 0 N–H and O–H groups in total. The summed E-state index contributed by atoms with van der Waals surface area (Å²) in [6, 6.07) is 11.1. The van der Waals surface area contributed by atoms with E-state index in [4.69, 9.17) is 23.4 Å². The molecule has 0 saturated carbocycles. The molecular weight excluding hydrogens is 360 g/mol. The number of hydrogen-bond donors (Lipinski definition) is 0. The quantitative estimate of drug-likeness (QED) is 0.574. The van der Waals surface area contributed by atoms with Crippen molar-refractivity contribution >= 4 is 12.2 Å². The van der Waals surface area contributed by atoms with E-state index >= 15 is 0 Å². The first-order valence-electron chi connectivity index (χ1n) is 8.73. The molecule has 1 aromatic heterocycles. The Morgan fingerprint density at radius 3 is 2.25 bits per heavy atom. The van der Waals surface area contributed by atoms with Gasteiger partial charge in [0.15, 0.2) is 23.0 Å². The van der Waals surface area contributed by atoms with E-state index in [1.807, 2.05) is 37.3 Å². The van der Waals surface area contributed by atoms with Gasteiger partial charge in [0.25, 0.3) is 0 Å². The Morgan fingerprint density at radius 1 is 0.821 bits per heavy atom. The van der Waals surface area contributed by atoms with Crippen molar-refractivity contribution in [1.29, 1.82) is 0 Å². The van der Waals surface area contributed by atoms with E-state index < -0.39 is 0 Å². The van der Waals surface area contributed by atoms with E-state index in [0.717, 1.165) is 11.1 Å². The minimum atomic E-state index is 0.388. The zero-order valence-corrected chi connectivity index (χ0v) is 16.3. The van der Waals surface area contributed by atoms with Crippen LogP contribution in [-0.2, 0) is 0 Å². The minimum absolute atomic E-state index is 0.388. The average Bonchev–Trinajstić information content (AvgIpc) is 3.21. The molecule has 0 unspecified atom stereocenters. The molecule has 0 bridgehead atoms. The lowest BCUT2D eigenvalue weighted by atomic mass is 10.2. The fourth-order valence-electron chi connectivity index (χ4n) is 2.62. The highest BCUT2D eigenvalue weighted by atomic mass is 16.5. The van der Waals surface area contributed by atoms with E-state index in [1.54, 1.807) is 39.5 Å². The monoisotopic (exact) mass is 382 g/mol. The van der Waals surface area contributed by atoms with Gasteiger partial charge in [0.2, 0.25) is 11.8 Å². The molecule has 1 heterocycles. The smallest absolute Gasteiger partial charge is 0.248 e. The normalized spacial score (nSPS) is 10.9. The maximum absolute atomic E-state index is 5.73. The highest BCUT2D eigenvalue weighted by Gasteiger charge is 2.11. The Bertz CT molecular complexity index is 965. The number of rotatable bonds is 8. The SMILES string of the molecule is CCOc1cc(/C=C/c2nnc(-c3ccc(OC)c(OC)c3)o2)ccc1OC. The summed E-state index contributed by atoms with van der Waals surface area (Å²) in [7, 11) is 4.78. The number of ether oxygens (including phenoxy) is 4. The number of nitrogens with zero attached hydrogens (tertiary/aromatic N) is 2. The van der Waals surface area contributed by atoms with Crippen LogP contribution in [0.25, 0.3) is 23.6 Å². The van der Waals surface area contributed by atoms with Crippen molar-refractivity contribution in [3.63, 3.8) is 0 Å². The van der Waals surface area contributed by atoms with Gasteiger partial charge in [-0.1, -0.05) is 6.07 Å². The van der Waals surface area contributed by atoms with Crippen LogP contribution in [-0.4, -0.2) is 38.1 Å². The highest BCUT2D eigenvalue weighted by Crippen LogP contribution is 2.32. The summed E-state index contributed by atoms with van der Waals surface area (Å²) in [5.74, 6) is 3.38. The van der Waals surface area contributed by atoms with Gasteiger partial charge in [-0.3, -0.25) is 0 Å².